The van der Waals surface area contributed by atoms with E-state index in [0.717, 1.165) is 11.3 Å². The molecule has 0 atom stereocenters. The van der Waals surface area contributed by atoms with Crippen molar-refractivity contribution < 1.29 is 9.13 Å². The lowest BCUT2D eigenvalue weighted by molar-refractivity contribution is 0.146. The van der Waals surface area contributed by atoms with Crippen molar-refractivity contribution in [1.29, 1.82) is 0 Å². The molecule has 2 aromatic rings. The average molecular weight is 357 g/mol. The fourth-order valence-corrected chi connectivity index (χ4v) is 2.54. The molecule has 0 fully saturated rings. The first-order valence-electron chi connectivity index (χ1n) is 7.69. The molecule has 130 valence electrons. The molecule has 0 saturated carbocycles. The maximum absolute atomic E-state index is 13.9. The second-order valence-electron chi connectivity index (χ2n) is 5.11. The average Bonchev–Trinajstić information content (AvgIpc) is 2.63. The van der Waals surface area contributed by atoms with E-state index in [1.54, 1.807) is 18.2 Å². The van der Waals surface area contributed by atoms with Gasteiger partial charge in [0.1, 0.15) is 5.82 Å². The van der Waals surface area contributed by atoms with E-state index in [2.05, 4.69) is 16.8 Å². The lowest BCUT2D eigenvalue weighted by Gasteiger charge is -2.04. The summed E-state index contributed by atoms with van der Waals surface area (Å²) in [5.74, 6) is 0.378. The summed E-state index contributed by atoms with van der Waals surface area (Å²) >= 11 is 1.40. The summed E-state index contributed by atoms with van der Waals surface area (Å²) in [6.07, 6.45) is 3.09. The third kappa shape index (κ3) is 6.91. The first-order valence-corrected chi connectivity index (χ1v) is 8.68. The maximum atomic E-state index is 13.9. The number of amidine groups is 1. The molecule has 0 aliphatic carbocycles. The predicted molar refractivity (Wildman–Crippen MR) is 103 cm³/mol. The van der Waals surface area contributed by atoms with Gasteiger partial charge in [-0.15, -0.1) is 11.7 Å². The zero-order valence-electron chi connectivity index (χ0n) is 13.8. The van der Waals surface area contributed by atoms with Crippen LogP contribution in [0.3, 0.4) is 0 Å². The van der Waals surface area contributed by atoms with Crippen LogP contribution in [0.1, 0.15) is 16.7 Å². The zero-order valence-corrected chi connectivity index (χ0v) is 14.6. The Morgan fingerprint density at radius 3 is 2.76 bits per heavy atom. The van der Waals surface area contributed by atoms with Crippen molar-refractivity contribution in [3.63, 3.8) is 0 Å². The van der Waals surface area contributed by atoms with Gasteiger partial charge in [-0.25, -0.2) is 4.39 Å². The number of nitrogens with two attached hydrogens (primary N) is 1. The van der Waals surface area contributed by atoms with Crippen LogP contribution in [0, 0.1) is 5.82 Å². The summed E-state index contributed by atoms with van der Waals surface area (Å²) in [5, 5.41) is 8.18. The molecule has 0 aliphatic rings. The van der Waals surface area contributed by atoms with Gasteiger partial charge in [-0.3, -0.25) is 0 Å². The van der Waals surface area contributed by atoms with Crippen molar-refractivity contribution in [2.45, 2.75) is 12.4 Å². The molecule has 4 nitrogen and oxygen atoms in total. The van der Waals surface area contributed by atoms with Gasteiger partial charge in [0.25, 0.3) is 0 Å². The van der Waals surface area contributed by atoms with E-state index < -0.39 is 0 Å². The van der Waals surface area contributed by atoms with Gasteiger partial charge >= 0.3 is 0 Å². The molecular weight excluding hydrogens is 337 g/mol. The molecule has 6 heteroatoms. The Morgan fingerprint density at radius 2 is 2.04 bits per heavy atom. The largest absolute Gasteiger partial charge is 0.377 e. The van der Waals surface area contributed by atoms with Crippen molar-refractivity contribution >= 4 is 23.1 Å². The van der Waals surface area contributed by atoms with Gasteiger partial charge in [-0.05, 0) is 17.2 Å². The van der Waals surface area contributed by atoms with Crippen LogP contribution >= 0.6 is 11.8 Å². The summed E-state index contributed by atoms with van der Waals surface area (Å²) in [5.41, 5.74) is 8.06. The first-order chi connectivity index (χ1) is 12.2. The highest BCUT2D eigenvalue weighted by Gasteiger charge is 2.02. The molecule has 0 amide bonds. The Labute approximate surface area is 151 Å². The predicted octanol–water partition coefficient (Wildman–Crippen LogP) is 4.11. The van der Waals surface area contributed by atoms with Gasteiger partial charge in [-0.2, -0.15) is 5.10 Å². The van der Waals surface area contributed by atoms with Gasteiger partial charge in [0.2, 0.25) is 0 Å². The number of hydrogen-bond acceptors (Lipinski definition) is 4. The summed E-state index contributed by atoms with van der Waals surface area (Å²) in [4.78, 5) is 0. The Hall–Kier alpha value is -2.44. The summed E-state index contributed by atoms with van der Waals surface area (Å²) in [6, 6.07) is 14.8. The Bertz CT molecular complexity index is 748. The van der Waals surface area contributed by atoms with Gasteiger partial charge in [0.05, 0.1) is 19.4 Å². The van der Waals surface area contributed by atoms with Crippen LogP contribution in [-0.2, 0) is 17.1 Å². The van der Waals surface area contributed by atoms with E-state index in [0.29, 0.717) is 22.9 Å². The molecule has 0 heterocycles. The van der Waals surface area contributed by atoms with Crippen LogP contribution in [0.25, 0.3) is 0 Å². The fourth-order valence-electron chi connectivity index (χ4n) is 1.93. The van der Waals surface area contributed by atoms with E-state index in [9.17, 15) is 4.39 Å². The minimum atomic E-state index is -0.344. The second kappa shape index (κ2) is 10.4. The molecule has 0 radical (unpaired) electrons. The number of halogens is 1. The van der Waals surface area contributed by atoms with Crippen molar-refractivity contribution in [2.24, 2.45) is 15.9 Å². The van der Waals surface area contributed by atoms with Crippen molar-refractivity contribution in [3.8, 4) is 0 Å². The highest BCUT2D eigenvalue weighted by Crippen LogP contribution is 2.12. The third-order valence-corrected chi connectivity index (χ3v) is 4.02. The van der Waals surface area contributed by atoms with E-state index in [-0.39, 0.29) is 12.4 Å². The standard InChI is InChI=1S/C19H20FN3OS/c1-2-10-24-13-17-9-8-16(11-18(17)20)12-22-23-19(21)25-14-15-6-4-3-5-7-15/h2-9,11-12H,1,10,13-14H2,(H2,21,23). The molecule has 2 rings (SSSR count). The fraction of sp³-hybridized carbons (Fsp3) is 0.158. The van der Waals surface area contributed by atoms with Gasteiger partial charge in [-0.1, -0.05) is 60.3 Å². The SMILES string of the molecule is C=CCOCc1ccc(C=NN=C(N)SCc2ccccc2)cc1F. The molecule has 0 unspecified atom stereocenters. The van der Waals surface area contributed by atoms with E-state index in [4.69, 9.17) is 10.5 Å². The Balaban J connectivity index is 1.87. The van der Waals surface area contributed by atoms with Crippen LogP contribution in [-0.4, -0.2) is 18.0 Å². The summed E-state index contributed by atoms with van der Waals surface area (Å²) in [7, 11) is 0. The Morgan fingerprint density at radius 1 is 1.24 bits per heavy atom. The van der Waals surface area contributed by atoms with Crippen molar-refractivity contribution in [3.05, 3.63) is 83.7 Å². The van der Waals surface area contributed by atoms with Crippen LogP contribution < -0.4 is 5.73 Å². The molecule has 0 bridgehead atoms. The van der Waals surface area contributed by atoms with E-state index in [1.165, 1.54) is 24.0 Å². The van der Waals surface area contributed by atoms with E-state index >= 15 is 0 Å². The highest BCUT2D eigenvalue weighted by atomic mass is 32.2. The van der Waals surface area contributed by atoms with Crippen molar-refractivity contribution in [1.82, 2.24) is 0 Å². The number of nitrogens with zero attached hydrogens (tertiary/aromatic N) is 2. The molecule has 2 N–H and O–H groups in total. The number of ether oxygens (including phenoxy) is 1. The smallest absolute Gasteiger partial charge is 0.180 e. The number of rotatable bonds is 8. The highest BCUT2D eigenvalue weighted by molar-refractivity contribution is 8.13. The third-order valence-electron chi connectivity index (χ3n) is 3.16. The molecule has 0 saturated heterocycles. The first kappa shape index (κ1) is 18.9. The van der Waals surface area contributed by atoms with Crippen LogP contribution in [0.5, 0.6) is 0 Å². The van der Waals surface area contributed by atoms with Gasteiger partial charge in [0.15, 0.2) is 5.17 Å². The topological polar surface area (TPSA) is 60.0 Å². The summed E-state index contributed by atoms with van der Waals surface area (Å²) < 4.78 is 19.2. The zero-order chi connectivity index (χ0) is 17.9. The van der Waals surface area contributed by atoms with Gasteiger partial charge < -0.3 is 10.5 Å². The van der Waals surface area contributed by atoms with Gasteiger partial charge in [0, 0.05) is 11.3 Å². The quantitative estimate of drug-likeness (QED) is 0.254. The molecule has 0 aromatic heterocycles. The van der Waals surface area contributed by atoms with Crippen LogP contribution in [0.2, 0.25) is 0 Å². The molecule has 2 aromatic carbocycles. The van der Waals surface area contributed by atoms with E-state index in [1.807, 2.05) is 30.3 Å². The maximum Gasteiger partial charge on any atom is 0.180 e. The lowest BCUT2D eigenvalue weighted by Crippen LogP contribution is -2.06. The Kier molecular flexibility index (Phi) is 7.88. The second-order valence-corrected chi connectivity index (χ2v) is 6.11. The number of thioether (sulfide) groups is 1. The minimum Gasteiger partial charge on any atom is -0.377 e. The molecule has 0 aliphatic heterocycles. The lowest BCUT2D eigenvalue weighted by atomic mass is 10.1. The minimum absolute atomic E-state index is 0.205. The van der Waals surface area contributed by atoms with Crippen LogP contribution in [0.15, 0.2) is 71.4 Å². The van der Waals surface area contributed by atoms with Crippen LogP contribution in [0.4, 0.5) is 4.39 Å². The molecule has 25 heavy (non-hydrogen) atoms. The normalized spacial score (nSPS) is 11.8. The number of benzene rings is 2. The molecular formula is C19H20FN3OS. The summed E-state index contributed by atoms with van der Waals surface area (Å²) in [6.45, 7) is 4.14. The van der Waals surface area contributed by atoms with Crippen molar-refractivity contribution in [2.75, 3.05) is 6.61 Å². The monoisotopic (exact) mass is 357 g/mol. The molecule has 0 spiro atoms. The number of hydrogen-bond donors (Lipinski definition) is 1.